The van der Waals surface area contributed by atoms with Crippen molar-refractivity contribution < 1.29 is 9.53 Å². The molecule has 0 atom stereocenters. The number of hydrogen-bond acceptors (Lipinski definition) is 4. The van der Waals surface area contributed by atoms with Crippen LogP contribution in [0.3, 0.4) is 0 Å². The lowest BCUT2D eigenvalue weighted by molar-refractivity contribution is 0.0948. The quantitative estimate of drug-likeness (QED) is 0.440. The molecule has 0 aliphatic heterocycles. The van der Waals surface area contributed by atoms with Gasteiger partial charge in [-0.05, 0) is 34.7 Å². The van der Waals surface area contributed by atoms with Crippen molar-refractivity contribution in [1.29, 1.82) is 0 Å². The predicted molar refractivity (Wildman–Crippen MR) is 94.0 cm³/mol. The molecule has 0 aliphatic carbocycles. The number of halogens is 3. The summed E-state index contributed by atoms with van der Waals surface area (Å²) in [6.07, 6.45) is 3.14. The first kappa shape index (κ1) is 17.0. The van der Waals surface area contributed by atoms with E-state index in [0.29, 0.717) is 27.1 Å². The minimum atomic E-state index is -0.409. The van der Waals surface area contributed by atoms with Crippen molar-refractivity contribution in [1.82, 2.24) is 15.2 Å². The van der Waals surface area contributed by atoms with Gasteiger partial charge in [0.25, 0.3) is 5.91 Å². The van der Waals surface area contributed by atoms with Crippen molar-refractivity contribution in [2.75, 3.05) is 7.11 Å². The lowest BCUT2D eigenvalue weighted by atomic mass is 10.2. The average Bonchev–Trinajstić information content (AvgIpc) is 2.77. The van der Waals surface area contributed by atoms with Crippen LogP contribution in [0.2, 0.25) is 10.0 Å². The average molecular weight is 453 g/mol. The summed E-state index contributed by atoms with van der Waals surface area (Å²) < 4.78 is 7.47. The number of carbonyl (C=O) groups excluding carboxylic acids is 1. The summed E-state index contributed by atoms with van der Waals surface area (Å²) in [5.74, 6) is 0.0184. The maximum atomic E-state index is 12.0. The number of hydrogen-bond donors (Lipinski definition) is 1. The number of benzene rings is 1. The molecule has 0 saturated carbocycles. The first-order valence-corrected chi connectivity index (χ1v) is 7.81. The number of rotatable bonds is 4. The molecule has 1 aromatic carbocycles. The van der Waals surface area contributed by atoms with Gasteiger partial charge in [-0.3, -0.25) is 9.48 Å². The van der Waals surface area contributed by atoms with Crippen molar-refractivity contribution in [3.63, 3.8) is 0 Å². The smallest absolute Gasteiger partial charge is 0.292 e. The fourth-order valence-electron chi connectivity index (χ4n) is 1.72. The van der Waals surface area contributed by atoms with Crippen LogP contribution in [0.5, 0.6) is 5.75 Å². The molecule has 1 amide bonds. The Balaban J connectivity index is 2.16. The maximum Gasteiger partial charge on any atom is 0.292 e. The van der Waals surface area contributed by atoms with Crippen molar-refractivity contribution in [2.24, 2.45) is 12.1 Å². The molecule has 0 unspecified atom stereocenters. The molecule has 1 N–H and O–H groups in total. The van der Waals surface area contributed by atoms with Crippen molar-refractivity contribution in [3.8, 4) is 5.75 Å². The summed E-state index contributed by atoms with van der Waals surface area (Å²) >= 11 is 14.0. The molecule has 9 heteroatoms. The number of nitrogens with zero attached hydrogens (tertiary/aromatic N) is 3. The number of aromatic nitrogens is 2. The third-order valence-corrected chi connectivity index (χ3v) is 3.90. The van der Waals surface area contributed by atoms with Gasteiger partial charge in [0, 0.05) is 23.8 Å². The van der Waals surface area contributed by atoms with Crippen LogP contribution in [0.15, 0.2) is 23.4 Å². The van der Waals surface area contributed by atoms with Gasteiger partial charge in [0.15, 0.2) is 5.69 Å². The van der Waals surface area contributed by atoms with Crippen molar-refractivity contribution >= 4 is 57.9 Å². The summed E-state index contributed by atoms with van der Waals surface area (Å²) in [5.41, 5.74) is 3.25. The first-order valence-electron chi connectivity index (χ1n) is 5.98. The molecular formula is C13H11Cl2IN4O2. The van der Waals surface area contributed by atoms with Gasteiger partial charge < -0.3 is 4.74 Å². The number of amides is 1. The van der Waals surface area contributed by atoms with Gasteiger partial charge in [-0.1, -0.05) is 23.2 Å². The van der Waals surface area contributed by atoms with Gasteiger partial charge in [-0.15, -0.1) is 0 Å². The van der Waals surface area contributed by atoms with Gasteiger partial charge in [0.1, 0.15) is 5.75 Å². The predicted octanol–water partition coefficient (Wildman–Crippen LogP) is 3.10. The highest BCUT2D eigenvalue weighted by molar-refractivity contribution is 14.1. The number of nitrogens with one attached hydrogen (secondary N) is 1. The molecule has 1 heterocycles. The van der Waals surface area contributed by atoms with Crippen LogP contribution in [0.1, 0.15) is 16.1 Å². The van der Waals surface area contributed by atoms with Crippen LogP contribution < -0.4 is 10.2 Å². The maximum absolute atomic E-state index is 12.0. The topological polar surface area (TPSA) is 68.5 Å². The molecule has 0 bridgehead atoms. The van der Waals surface area contributed by atoms with E-state index in [4.69, 9.17) is 27.9 Å². The minimum Gasteiger partial charge on any atom is -0.495 e. The molecule has 2 aromatic rings. The van der Waals surface area contributed by atoms with E-state index in [2.05, 4.69) is 15.6 Å². The standard InChI is InChI=1S/C13H11Cl2IN4O2/c1-20-6-10(16)11(19-20)13(21)18-17-5-7-3-8(14)4-9(15)12(7)22-2/h3-6H,1-2H3,(H,18,21)/b17-5-. The third-order valence-electron chi connectivity index (χ3n) is 2.61. The van der Waals surface area contributed by atoms with E-state index in [1.807, 2.05) is 22.6 Å². The summed E-state index contributed by atoms with van der Waals surface area (Å²) in [5, 5.41) is 8.74. The third kappa shape index (κ3) is 3.90. The van der Waals surface area contributed by atoms with Gasteiger partial charge in [-0.2, -0.15) is 10.2 Å². The van der Waals surface area contributed by atoms with E-state index in [0.717, 1.165) is 3.57 Å². The van der Waals surface area contributed by atoms with Crippen LogP contribution in [0.4, 0.5) is 0 Å². The second kappa shape index (κ2) is 7.30. The van der Waals surface area contributed by atoms with Gasteiger partial charge in [-0.25, -0.2) is 5.43 Å². The number of ether oxygens (including phenoxy) is 1. The zero-order chi connectivity index (χ0) is 16.3. The summed E-state index contributed by atoms with van der Waals surface area (Å²) in [4.78, 5) is 12.0. The van der Waals surface area contributed by atoms with Gasteiger partial charge in [0.05, 0.1) is 21.9 Å². The summed E-state index contributed by atoms with van der Waals surface area (Å²) in [6, 6.07) is 3.20. The number of hydrazone groups is 1. The van der Waals surface area contributed by atoms with Crippen molar-refractivity contribution in [3.05, 3.63) is 43.2 Å². The Labute approximate surface area is 150 Å². The van der Waals surface area contributed by atoms with E-state index in [1.54, 1.807) is 30.1 Å². The Hall–Kier alpha value is -1.32. The first-order chi connectivity index (χ1) is 10.4. The molecule has 0 spiro atoms. The highest BCUT2D eigenvalue weighted by Crippen LogP contribution is 2.31. The lowest BCUT2D eigenvalue weighted by Crippen LogP contribution is -2.19. The van der Waals surface area contributed by atoms with Crippen LogP contribution in [-0.4, -0.2) is 29.0 Å². The molecule has 116 valence electrons. The molecular weight excluding hydrogens is 442 g/mol. The zero-order valence-electron chi connectivity index (χ0n) is 11.6. The normalized spacial score (nSPS) is 11.0. The Bertz CT molecular complexity index is 746. The van der Waals surface area contributed by atoms with Crippen molar-refractivity contribution in [2.45, 2.75) is 0 Å². The summed E-state index contributed by atoms with van der Waals surface area (Å²) in [7, 11) is 3.22. The van der Waals surface area contributed by atoms with E-state index < -0.39 is 5.91 Å². The Kier molecular flexibility index (Phi) is 5.65. The van der Waals surface area contributed by atoms with E-state index >= 15 is 0 Å². The molecule has 2 rings (SSSR count). The highest BCUT2D eigenvalue weighted by atomic mass is 127. The Morgan fingerprint density at radius 2 is 2.23 bits per heavy atom. The number of methoxy groups -OCH3 is 1. The second-order valence-corrected chi connectivity index (χ2v) is 6.21. The zero-order valence-corrected chi connectivity index (χ0v) is 15.3. The lowest BCUT2D eigenvalue weighted by Gasteiger charge is -2.07. The second-order valence-electron chi connectivity index (χ2n) is 4.21. The Morgan fingerprint density at radius 1 is 1.50 bits per heavy atom. The molecule has 0 saturated heterocycles. The summed E-state index contributed by atoms with van der Waals surface area (Å²) in [6.45, 7) is 0. The monoisotopic (exact) mass is 452 g/mol. The minimum absolute atomic E-state index is 0.302. The number of carbonyl (C=O) groups is 1. The number of aryl methyl sites for hydroxylation is 1. The van der Waals surface area contributed by atoms with Gasteiger partial charge >= 0.3 is 0 Å². The Morgan fingerprint density at radius 3 is 2.82 bits per heavy atom. The SMILES string of the molecule is COc1c(Cl)cc(Cl)cc1/C=N\NC(=O)c1nn(C)cc1I. The molecule has 0 aliphatic rings. The van der Waals surface area contributed by atoms with Crippen LogP contribution >= 0.6 is 45.8 Å². The fraction of sp³-hybridized carbons (Fsp3) is 0.154. The molecule has 1 aromatic heterocycles. The van der Waals surface area contributed by atoms with E-state index in [-0.39, 0.29) is 0 Å². The van der Waals surface area contributed by atoms with E-state index in [9.17, 15) is 4.79 Å². The largest absolute Gasteiger partial charge is 0.495 e. The molecule has 22 heavy (non-hydrogen) atoms. The highest BCUT2D eigenvalue weighted by Gasteiger charge is 2.13. The van der Waals surface area contributed by atoms with Crippen LogP contribution in [-0.2, 0) is 7.05 Å². The van der Waals surface area contributed by atoms with Crippen LogP contribution in [0.25, 0.3) is 0 Å². The van der Waals surface area contributed by atoms with E-state index in [1.165, 1.54) is 13.3 Å². The molecule has 6 nitrogen and oxygen atoms in total. The molecule has 0 radical (unpaired) electrons. The molecule has 0 fully saturated rings. The van der Waals surface area contributed by atoms with Crippen LogP contribution in [0, 0.1) is 3.57 Å². The fourth-order valence-corrected chi connectivity index (χ4v) is 3.06. The van der Waals surface area contributed by atoms with Gasteiger partial charge in [0.2, 0.25) is 0 Å².